The van der Waals surface area contributed by atoms with Crippen LogP contribution in [-0.2, 0) is 22.4 Å². The molecule has 1 heterocycles. The number of amides is 1. The van der Waals surface area contributed by atoms with Crippen LogP contribution in [0.2, 0.25) is 0 Å². The van der Waals surface area contributed by atoms with E-state index < -0.39 is 16.5 Å². The maximum absolute atomic E-state index is 12.2. The molecule has 0 spiro atoms. The fourth-order valence-electron chi connectivity index (χ4n) is 2.41. The SMILES string of the molecule is CC(SC(C)C(=O)Nc1sc2c(c1C#N)CCCC2)C(=O)O. The summed E-state index contributed by atoms with van der Waals surface area (Å²) in [5.41, 5.74) is 1.66. The lowest BCUT2D eigenvalue weighted by Crippen LogP contribution is -2.26. The first-order valence-corrected chi connectivity index (χ1v) is 8.93. The van der Waals surface area contributed by atoms with Crippen molar-refractivity contribution in [2.75, 3.05) is 5.32 Å². The lowest BCUT2D eigenvalue weighted by molar-refractivity contribution is -0.136. The maximum Gasteiger partial charge on any atom is 0.316 e. The largest absolute Gasteiger partial charge is 0.480 e. The van der Waals surface area contributed by atoms with Crippen molar-refractivity contribution >= 4 is 40.0 Å². The smallest absolute Gasteiger partial charge is 0.316 e. The maximum atomic E-state index is 12.2. The van der Waals surface area contributed by atoms with E-state index in [1.807, 2.05) is 0 Å². The van der Waals surface area contributed by atoms with Crippen LogP contribution in [0, 0.1) is 11.3 Å². The number of nitriles is 1. The number of thiophene rings is 1. The Hall–Kier alpha value is -1.52. The topological polar surface area (TPSA) is 90.2 Å². The first-order chi connectivity index (χ1) is 10.4. The molecule has 0 aromatic carbocycles. The average molecular weight is 338 g/mol. The molecule has 22 heavy (non-hydrogen) atoms. The molecule has 0 radical (unpaired) electrons. The van der Waals surface area contributed by atoms with Gasteiger partial charge in [-0.1, -0.05) is 0 Å². The molecular weight excluding hydrogens is 320 g/mol. The number of carbonyl (C=O) groups is 2. The lowest BCUT2D eigenvalue weighted by atomic mass is 9.96. The Morgan fingerprint density at radius 2 is 2.00 bits per heavy atom. The van der Waals surface area contributed by atoms with E-state index in [9.17, 15) is 14.9 Å². The Labute approximate surface area is 137 Å². The third-order valence-corrected chi connectivity index (χ3v) is 6.08. The highest BCUT2D eigenvalue weighted by molar-refractivity contribution is 8.01. The molecule has 0 saturated heterocycles. The quantitative estimate of drug-likeness (QED) is 0.861. The third-order valence-electron chi connectivity index (χ3n) is 3.65. The number of aliphatic carboxylic acids is 1. The van der Waals surface area contributed by atoms with Crippen LogP contribution in [0.3, 0.4) is 0 Å². The highest BCUT2D eigenvalue weighted by Gasteiger charge is 2.25. The summed E-state index contributed by atoms with van der Waals surface area (Å²) >= 11 is 2.57. The lowest BCUT2D eigenvalue weighted by Gasteiger charge is -2.13. The Morgan fingerprint density at radius 1 is 1.32 bits per heavy atom. The Kier molecular flexibility index (Phi) is 5.48. The fraction of sp³-hybridized carbons (Fsp3) is 0.533. The molecule has 7 heteroatoms. The van der Waals surface area contributed by atoms with Crippen molar-refractivity contribution in [1.29, 1.82) is 5.26 Å². The zero-order chi connectivity index (χ0) is 16.3. The molecule has 118 valence electrons. The number of thioether (sulfide) groups is 1. The minimum absolute atomic E-state index is 0.256. The zero-order valence-corrected chi connectivity index (χ0v) is 14.1. The average Bonchev–Trinajstić information content (AvgIpc) is 2.83. The summed E-state index contributed by atoms with van der Waals surface area (Å²) < 4.78 is 0. The molecule has 1 amide bonds. The highest BCUT2D eigenvalue weighted by atomic mass is 32.2. The van der Waals surface area contributed by atoms with E-state index in [0.717, 1.165) is 43.0 Å². The van der Waals surface area contributed by atoms with Crippen LogP contribution in [-0.4, -0.2) is 27.5 Å². The van der Waals surface area contributed by atoms with Gasteiger partial charge in [-0.2, -0.15) is 5.26 Å². The summed E-state index contributed by atoms with van der Waals surface area (Å²) in [5.74, 6) is -1.19. The van der Waals surface area contributed by atoms with E-state index in [1.165, 1.54) is 16.2 Å². The second-order valence-electron chi connectivity index (χ2n) is 5.27. The van der Waals surface area contributed by atoms with Crippen molar-refractivity contribution in [3.8, 4) is 6.07 Å². The monoisotopic (exact) mass is 338 g/mol. The van der Waals surface area contributed by atoms with Gasteiger partial charge >= 0.3 is 5.97 Å². The number of aryl methyl sites for hydroxylation is 1. The van der Waals surface area contributed by atoms with E-state index in [0.29, 0.717) is 10.6 Å². The van der Waals surface area contributed by atoms with Crippen LogP contribution in [0.5, 0.6) is 0 Å². The highest BCUT2D eigenvalue weighted by Crippen LogP contribution is 2.37. The fourth-order valence-corrected chi connectivity index (χ4v) is 4.57. The van der Waals surface area contributed by atoms with E-state index in [2.05, 4.69) is 11.4 Å². The number of nitrogens with one attached hydrogen (secondary N) is 1. The van der Waals surface area contributed by atoms with Gasteiger partial charge in [-0.05, 0) is 45.1 Å². The van der Waals surface area contributed by atoms with E-state index in [4.69, 9.17) is 5.11 Å². The first kappa shape index (κ1) is 16.8. The number of rotatable bonds is 5. The predicted octanol–water partition coefficient (Wildman–Crippen LogP) is 3.03. The minimum Gasteiger partial charge on any atom is -0.480 e. The number of hydrogen-bond acceptors (Lipinski definition) is 5. The summed E-state index contributed by atoms with van der Waals surface area (Å²) in [5, 5.41) is 20.5. The van der Waals surface area contributed by atoms with Crippen molar-refractivity contribution in [1.82, 2.24) is 0 Å². The van der Waals surface area contributed by atoms with E-state index >= 15 is 0 Å². The Bertz CT molecular complexity index is 633. The zero-order valence-electron chi connectivity index (χ0n) is 12.5. The summed E-state index contributed by atoms with van der Waals surface area (Å²) in [6.07, 6.45) is 4.05. The van der Waals surface area contributed by atoms with Crippen LogP contribution in [0.1, 0.15) is 42.7 Å². The van der Waals surface area contributed by atoms with Crippen LogP contribution < -0.4 is 5.32 Å². The number of hydrogen-bond donors (Lipinski definition) is 2. The number of anilines is 1. The molecule has 2 unspecified atom stereocenters. The van der Waals surface area contributed by atoms with Gasteiger partial charge < -0.3 is 10.4 Å². The second kappa shape index (κ2) is 7.16. The molecule has 2 rings (SSSR count). The molecular formula is C15H18N2O3S2. The van der Waals surface area contributed by atoms with Crippen LogP contribution in [0.15, 0.2) is 0 Å². The molecule has 1 aromatic heterocycles. The molecule has 0 fully saturated rings. The van der Waals surface area contributed by atoms with Crippen molar-refractivity contribution in [3.05, 3.63) is 16.0 Å². The number of nitrogens with zero attached hydrogens (tertiary/aromatic N) is 1. The van der Waals surface area contributed by atoms with Gasteiger partial charge in [-0.3, -0.25) is 9.59 Å². The van der Waals surface area contributed by atoms with Crippen LogP contribution in [0.25, 0.3) is 0 Å². The minimum atomic E-state index is -0.936. The molecule has 0 saturated carbocycles. The summed E-state index contributed by atoms with van der Waals surface area (Å²) in [7, 11) is 0. The molecule has 1 aromatic rings. The van der Waals surface area contributed by atoms with Gasteiger partial charge in [-0.25, -0.2) is 0 Å². The van der Waals surface area contributed by atoms with Gasteiger partial charge in [0.15, 0.2) is 0 Å². The molecule has 2 atom stereocenters. The molecule has 2 N–H and O–H groups in total. The van der Waals surface area contributed by atoms with Gasteiger partial charge in [0.2, 0.25) is 5.91 Å². The first-order valence-electron chi connectivity index (χ1n) is 7.17. The van der Waals surface area contributed by atoms with Gasteiger partial charge in [0.1, 0.15) is 16.3 Å². The molecule has 1 aliphatic rings. The van der Waals surface area contributed by atoms with E-state index in [-0.39, 0.29) is 5.91 Å². The van der Waals surface area contributed by atoms with Crippen molar-refractivity contribution in [2.45, 2.75) is 50.0 Å². The van der Waals surface area contributed by atoms with Crippen LogP contribution in [0.4, 0.5) is 5.00 Å². The number of carboxylic acid groups (broad SMARTS) is 1. The Balaban J connectivity index is 2.10. The predicted molar refractivity (Wildman–Crippen MR) is 88.5 cm³/mol. The Morgan fingerprint density at radius 3 is 2.64 bits per heavy atom. The third kappa shape index (κ3) is 3.62. The van der Waals surface area contributed by atoms with Gasteiger partial charge in [0, 0.05) is 4.88 Å². The second-order valence-corrected chi connectivity index (χ2v) is 8.07. The van der Waals surface area contributed by atoms with Gasteiger partial charge in [-0.15, -0.1) is 23.1 Å². The number of carbonyl (C=O) groups excluding carboxylic acids is 1. The van der Waals surface area contributed by atoms with Crippen molar-refractivity contribution in [2.24, 2.45) is 0 Å². The van der Waals surface area contributed by atoms with Crippen molar-refractivity contribution in [3.63, 3.8) is 0 Å². The van der Waals surface area contributed by atoms with Crippen LogP contribution >= 0.6 is 23.1 Å². The summed E-state index contributed by atoms with van der Waals surface area (Å²) in [4.78, 5) is 24.3. The normalized spacial score (nSPS) is 16.2. The van der Waals surface area contributed by atoms with Crippen molar-refractivity contribution < 1.29 is 14.7 Å². The number of fused-ring (bicyclic) bond motifs is 1. The molecule has 0 aliphatic heterocycles. The summed E-state index contributed by atoms with van der Waals surface area (Å²) in [6.45, 7) is 3.24. The molecule has 1 aliphatic carbocycles. The standard InChI is InChI=1S/C15H18N2O3S2/c1-8(21-9(2)15(19)20)13(18)17-14-11(7-16)10-5-3-4-6-12(10)22-14/h8-9H,3-6H2,1-2H3,(H,17,18)(H,19,20). The van der Waals surface area contributed by atoms with E-state index in [1.54, 1.807) is 13.8 Å². The number of carboxylic acids is 1. The molecule has 0 bridgehead atoms. The molecule has 5 nitrogen and oxygen atoms in total. The van der Waals surface area contributed by atoms with Gasteiger partial charge in [0.05, 0.1) is 10.8 Å². The summed E-state index contributed by atoms with van der Waals surface area (Å²) in [6, 6.07) is 2.20. The van der Waals surface area contributed by atoms with Gasteiger partial charge in [0.25, 0.3) is 0 Å².